The third kappa shape index (κ3) is 5.05. The molecule has 1 aromatic heterocycles. The van der Waals surface area contributed by atoms with Gasteiger partial charge in [0.2, 0.25) is 0 Å². The van der Waals surface area contributed by atoms with E-state index in [1.165, 1.54) is 5.56 Å². The number of carbonyl (C=O) groups is 1. The minimum absolute atomic E-state index is 0.0538. The van der Waals surface area contributed by atoms with Crippen LogP contribution in [0.5, 0.6) is 0 Å². The number of likely N-dealkylation sites (tertiary alicyclic amines) is 1. The van der Waals surface area contributed by atoms with E-state index in [1.54, 1.807) is 0 Å². The van der Waals surface area contributed by atoms with Gasteiger partial charge in [-0.05, 0) is 65.6 Å². The van der Waals surface area contributed by atoms with Gasteiger partial charge in [-0.1, -0.05) is 0 Å². The molecule has 1 aromatic rings. The highest BCUT2D eigenvalue weighted by Crippen LogP contribution is 2.21. The Kier molecular flexibility index (Phi) is 5.89. The van der Waals surface area contributed by atoms with Crippen LogP contribution in [0.1, 0.15) is 43.8 Å². The maximum absolute atomic E-state index is 11.6. The van der Waals surface area contributed by atoms with Crippen LogP contribution in [-0.4, -0.2) is 36.6 Å². The molecule has 22 heavy (non-hydrogen) atoms. The van der Waals surface area contributed by atoms with E-state index in [1.807, 2.05) is 27.7 Å². The van der Waals surface area contributed by atoms with Crippen LogP contribution >= 0.6 is 0 Å². The molecule has 5 nitrogen and oxygen atoms in total. The van der Waals surface area contributed by atoms with Crippen LogP contribution in [0.25, 0.3) is 0 Å². The monoisotopic (exact) mass is 307 g/mol. The molecule has 0 atom stereocenters. The van der Waals surface area contributed by atoms with Gasteiger partial charge in [0, 0.05) is 24.7 Å². The van der Waals surface area contributed by atoms with Crippen LogP contribution in [-0.2, 0) is 6.54 Å². The molecule has 124 valence electrons. The molecule has 1 aliphatic heterocycles. The fraction of sp³-hybridized carbons (Fsp3) is 0.706. The van der Waals surface area contributed by atoms with Crippen molar-refractivity contribution in [1.29, 1.82) is 0 Å². The van der Waals surface area contributed by atoms with E-state index in [4.69, 9.17) is 4.42 Å². The van der Waals surface area contributed by atoms with Crippen molar-refractivity contribution in [2.45, 2.75) is 53.1 Å². The summed E-state index contributed by atoms with van der Waals surface area (Å²) in [5, 5.41) is 5.84. The molecule has 2 heterocycles. The predicted octanol–water partition coefficient (Wildman–Crippen LogP) is 2.82. The van der Waals surface area contributed by atoms with E-state index < -0.39 is 0 Å². The lowest BCUT2D eigenvalue weighted by atomic mass is 9.96. The molecule has 0 aliphatic carbocycles. The van der Waals surface area contributed by atoms with Crippen molar-refractivity contribution in [3.05, 3.63) is 23.2 Å². The lowest BCUT2D eigenvalue weighted by Gasteiger charge is -2.31. The van der Waals surface area contributed by atoms with Gasteiger partial charge in [0.15, 0.2) is 0 Å². The highest BCUT2D eigenvalue weighted by atomic mass is 16.3. The lowest BCUT2D eigenvalue weighted by molar-refractivity contribution is 0.174. The van der Waals surface area contributed by atoms with Crippen molar-refractivity contribution in [1.82, 2.24) is 15.5 Å². The second-order valence-electron chi connectivity index (χ2n) is 6.67. The maximum Gasteiger partial charge on any atom is 0.314 e. The third-order valence-corrected chi connectivity index (χ3v) is 4.22. The molecule has 1 saturated heterocycles. The summed E-state index contributed by atoms with van der Waals surface area (Å²) in [5.74, 6) is 2.61. The second-order valence-corrected chi connectivity index (χ2v) is 6.67. The van der Waals surface area contributed by atoms with Gasteiger partial charge in [-0.2, -0.15) is 0 Å². The minimum atomic E-state index is -0.0538. The van der Waals surface area contributed by atoms with Gasteiger partial charge in [-0.15, -0.1) is 0 Å². The molecule has 1 fully saturated rings. The van der Waals surface area contributed by atoms with Crippen LogP contribution in [0, 0.1) is 19.8 Å². The van der Waals surface area contributed by atoms with E-state index in [-0.39, 0.29) is 12.1 Å². The Morgan fingerprint density at radius 3 is 2.59 bits per heavy atom. The van der Waals surface area contributed by atoms with Gasteiger partial charge >= 0.3 is 6.03 Å². The average molecular weight is 307 g/mol. The van der Waals surface area contributed by atoms with Crippen LogP contribution in [0.2, 0.25) is 0 Å². The number of nitrogens with one attached hydrogen (secondary N) is 2. The highest BCUT2D eigenvalue weighted by molar-refractivity contribution is 5.74. The molecule has 0 saturated carbocycles. The number of nitrogens with zero attached hydrogens (tertiary/aromatic N) is 1. The Labute approximate surface area is 133 Å². The van der Waals surface area contributed by atoms with Crippen LogP contribution in [0.15, 0.2) is 10.5 Å². The summed E-state index contributed by atoms with van der Waals surface area (Å²) in [6, 6.07) is 2.27. The van der Waals surface area contributed by atoms with Gasteiger partial charge in [-0.3, -0.25) is 4.90 Å². The Hall–Kier alpha value is -1.49. The SMILES string of the molecule is Cc1cc(CN2CCC(CNC(=O)NC(C)C)CC2)c(C)o1. The first-order valence-electron chi connectivity index (χ1n) is 8.26. The van der Waals surface area contributed by atoms with Gasteiger partial charge in [-0.25, -0.2) is 4.79 Å². The normalized spacial score (nSPS) is 17.0. The number of aryl methyl sites for hydroxylation is 2. The third-order valence-electron chi connectivity index (χ3n) is 4.22. The fourth-order valence-corrected chi connectivity index (χ4v) is 2.98. The first-order valence-corrected chi connectivity index (χ1v) is 8.26. The lowest BCUT2D eigenvalue weighted by Crippen LogP contribution is -2.43. The predicted molar refractivity (Wildman–Crippen MR) is 87.9 cm³/mol. The summed E-state index contributed by atoms with van der Waals surface area (Å²) in [7, 11) is 0. The minimum Gasteiger partial charge on any atom is -0.466 e. The summed E-state index contributed by atoms with van der Waals surface area (Å²) >= 11 is 0. The first kappa shape index (κ1) is 16.9. The summed E-state index contributed by atoms with van der Waals surface area (Å²) in [4.78, 5) is 14.1. The van der Waals surface area contributed by atoms with Gasteiger partial charge in [0.1, 0.15) is 11.5 Å². The Morgan fingerprint density at radius 2 is 2.05 bits per heavy atom. The number of carbonyl (C=O) groups excluding carboxylic acids is 1. The van der Waals surface area contributed by atoms with Gasteiger partial charge in [0.25, 0.3) is 0 Å². The molecule has 1 aliphatic rings. The van der Waals surface area contributed by atoms with Crippen molar-refractivity contribution < 1.29 is 9.21 Å². The number of piperidine rings is 1. The van der Waals surface area contributed by atoms with Crippen molar-refractivity contribution >= 4 is 6.03 Å². The second kappa shape index (κ2) is 7.68. The largest absolute Gasteiger partial charge is 0.466 e. The zero-order valence-corrected chi connectivity index (χ0v) is 14.2. The molecule has 0 spiro atoms. The number of urea groups is 1. The standard InChI is InChI=1S/C17H29N3O2/c1-12(2)19-17(21)18-10-15-5-7-20(8-6-15)11-16-9-13(3)22-14(16)4/h9,12,15H,5-8,10-11H2,1-4H3,(H2,18,19,21). The average Bonchev–Trinajstić information content (AvgIpc) is 2.75. The van der Waals surface area contributed by atoms with Crippen molar-refractivity contribution in [2.75, 3.05) is 19.6 Å². The topological polar surface area (TPSA) is 57.5 Å². The molecule has 2 rings (SSSR count). The molecular weight excluding hydrogens is 278 g/mol. The zero-order valence-electron chi connectivity index (χ0n) is 14.2. The highest BCUT2D eigenvalue weighted by Gasteiger charge is 2.20. The molecule has 2 amide bonds. The zero-order chi connectivity index (χ0) is 16.1. The Morgan fingerprint density at radius 1 is 1.36 bits per heavy atom. The Balaban J connectivity index is 1.69. The van der Waals surface area contributed by atoms with Gasteiger partial charge in [0.05, 0.1) is 0 Å². The summed E-state index contributed by atoms with van der Waals surface area (Å²) in [6.07, 6.45) is 2.27. The number of hydrogen-bond acceptors (Lipinski definition) is 3. The van der Waals surface area contributed by atoms with E-state index in [2.05, 4.69) is 21.6 Å². The molecule has 0 aromatic carbocycles. The number of rotatable bonds is 5. The van der Waals surface area contributed by atoms with E-state index in [0.717, 1.165) is 50.5 Å². The van der Waals surface area contributed by atoms with Crippen molar-refractivity contribution in [3.63, 3.8) is 0 Å². The quantitative estimate of drug-likeness (QED) is 0.879. The molecular formula is C17H29N3O2. The fourth-order valence-electron chi connectivity index (χ4n) is 2.98. The summed E-state index contributed by atoms with van der Waals surface area (Å²) < 4.78 is 5.59. The van der Waals surface area contributed by atoms with Crippen LogP contribution in [0.3, 0.4) is 0 Å². The number of furan rings is 1. The smallest absolute Gasteiger partial charge is 0.314 e. The number of hydrogen-bond donors (Lipinski definition) is 2. The van der Waals surface area contributed by atoms with Crippen LogP contribution in [0.4, 0.5) is 4.79 Å². The molecule has 0 bridgehead atoms. The van der Waals surface area contributed by atoms with Crippen molar-refractivity contribution in [2.24, 2.45) is 5.92 Å². The van der Waals surface area contributed by atoms with Crippen molar-refractivity contribution in [3.8, 4) is 0 Å². The van der Waals surface area contributed by atoms with E-state index in [0.29, 0.717) is 5.92 Å². The van der Waals surface area contributed by atoms with E-state index in [9.17, 15) is 4.79 Å². The maximum atomic E-state index is 11.6. The molecule has 2 N–H and O–H groups in total. The van der Waals surface area contributed by atoms with E-state index >= 15 is 0 Å². The molecule has 5 heteroatoms. The molecule has 0 radical (unpaired) electrons. The van der Waals surface area contributed by atoms with Crippen LogP contribution < -0.4 is 10.6 Å². The molecule has 0 unspecified atom stereocenters. The summed E-state index contributed by atoms with van der Waals surface area (Å²) in [5.41, 5.74) is 1.30. The first-order chi connectivity index (χ1) is 10.4. The number of amides is 2. The van der Waals surface area contributed by atoms with Gasteiger partial charge < -0.3 is 15.1 Å². The summed E-state index contributed by atoms with van der Waals surface area (Å²) in [6.45, 7) is 11.9. The Bertz CT molecular complexity index is 488.